The van der Waals surface area contributed by atoms with Crippen LogP contribution in [0.2, 0.25) is 0 Å². The molecule has 108 valence electrons. The predicted molar refractivity (Wildman–Crippen MR) is 67.4 cm³/mol. The first kappa shape index (κ1) is 14.3. The Bertz CT molecular complexity index is 346. The summed E-state index contributed by atoms with van der Waals surface area (Å²) in [7, 11) is 0. The Morgan fingerprint density at radius 1 is 1.47 bits per heavy atom. The molecule has 0 saturated carbocycles. The second kappa shape index (κ2) is 5.90. The maximum Gasteiger partial charge on any atom is 0.309 e. The zero-order valence-electron chi connectivity index (χ0n) is 11.6. The number of ether oxygens (including phenoxy) is 3. The largest absolute Gasteiger partial charge is 0.458 e. The lowest BCUT2D eigenvalue weighted by molar-refractivity contribution is -0.197. The minimum atomic E-state index is -0.676. The summed E-state index contributed by atoms with van der Waals surface area (Å²) in [4.78, 5) is 23.4. The number of carbonyl (C=O) groups excluding carboxylic acids is 2. The molecular formula is C14H22O5. The average Bonchev–Trinajstić information content (AvgIpc) is 2.86. The molecule has 0 spiro atoms. The van der Waals surface area contributed by atoms with E-state index in [1.54, 1.807) is 0 Å². The Morgan fingerprint density at radius 2 is 2.16 bits per heavy atom. The van der Waals surface area contributed by atoms with E-state index in [1.165, 1.54) is 0 Å². The van der Waals surface area contributed by atoms with Crippen molar-refractivity contribution in [2.24, 2.45) is 5.92 Å². The summed E-state index contributed by atoms with van der Waals surface area (Å²) in [6.45, 7) is 4.90. The lowest BCUT2D eigenvalue weighted by atomic mass is 9.86. The van der Waals surface area contributed by atoms with E-state index in [-0.39, 0.29) is 24.0 Å². The highest BCUT2D eigenvalue weighted by Gasteiger charge is 2.48. The summed E-state index contributed by atoms with van der Waals surface area (Å²) in [5, 5.41) is 0. The first-order valence-corrected chi connectivity index (χ1v) is 7.07. The molecule has 5 heteroatoms. The molecule has 0 aliphatic carbocycles. The molecule has 2 atom stereocenters. The molecule has 0 aromatic carbocycles. The van der Waals surface area contributed by atoms with Crippen LogP contribution in [0, 0.1) is 5.92 Å². The van der Waals surface area contributed by atoms with Crippen LogP contribution in [0.4, 0.5) is 0 Å². The van der Waals surface area contributed by atoms with Gasteiger partial charge in [0.05, 0.1) is 19.1 Å². The quantitative estimate of drug-likeness (QED) is 0.729. The lowest BCUT2D eigenvalue weighted by Crippen LogP contribution is -2.51. The van der Waals surface area contributed by atoms with Gasteiger partial charge < -0.3 is 14.2 Å². The van der Waals surface area contributed by atoms with Crippen molar-refractivity contribution in [2.75, 3.05) is 13.2 Å². The number of hydrogen-bond donors (Lipinski definition) is 0. The van der Waals surface area contributed by atoms with Crippen LogP contribution < -0.4 is 0 Å². The molecule has 5 nitrogen and oxygen atoms in total. The minimum absolute atomic E-state index is 0.128. The van der Waals surface area contributed by atoms with E-state index in [9.17, 15) is 9.59 Å². The van der Waals surface area contributed by atoms with Crippen LogP contribution in [0.5, 0.6) is 0 Å². The Morgan fingerprint density at radius 3 is 2.68 bits per heavy atom. The molecule has 2 aliphatic heterocycles. The van der Waals surface area contributed by atoms with Crippen molar-refractivity contribution < 1.29 is 23.8 Å². The minimum Gasteiger partial charge on any atom is -0.458 e. The molecule has 0 N–H and O–H groups in total. The van der Waals surface area contributed by atoms with Crippen LogP contribution in [0.15, 0.2) is 0 Å². The summed E-state index contributed by atoms with van der Waals surface area (Å²) in [6.07, 6.45) is 2.69. The van der Waals surface area contributed by atoms with Gasteiger partial charge in [-0.1, -0.05) is 13.8 Å². The fourth-order valence-electron chi connectivity index (χ4n) is 2.57. The SMILES string of the molecule is CCC(C)C(=O)OC1(C2CCC(=O)O2)CCOCC1. The third-order valence-corrected chi connectivity index (χ3v) is 4.13. The van der Waals surface area contributed by atoms with Crippen molar-refractivity contribution in [3.63, 3.8) is 0 Å². The van der Waals surface area contributed by atoms with Gasteiger partial charge in [-0.05, 0) is 12.8 Å². The van der Waals surface area contributed by atoms with Crippen molar-refractivity contribution in [1.29, 1.82) is 0 Å². The van der Waals surface area contributed by atoms with Crippen molar-refractivity contribution in [3.05, 3.63) is 0 Å². The fourth-order valence-corrected chi connectivity index (χ4v) is 2.57. The Labute approximate surface area is 113 Å². The standard InChI is InChI=1S/C14H22O5/c1-3-10(2)13(16)19-14(6-8-17-9-7-14)11-4-5-12(15)18-11/h10-11H,3-9H2,1-2H3. The van der Waals surface area contributed by atoms with Crippen molar-refractivity contribution in [2.45, 2.75) is 57.7 Å². The molecule has 2 fully saturated rings. The second-order valence-corrected chi connectivity index (χ2v) is 5.42. The normalized spacial score (nSPS) is 27.7. The van der Waals surface area contributed by atoms with Gasteiger partial charge in [-0.25, -0.2) is 0 Å². The number of rotatable bonds is 4. The molecule has 2 heterocycles. The van der Waals surface area contributed by atoms with Gasteiger partial charge in [0.1, 0.15) is 6.10 Å². The van der Waals surface area contributed by atoms with Crippen LogP contribution in [-0.2, 0) is 23.8 Å². The molecule has 0 radical (unpaired) electrons. The molecule has 2 rings (SSSR count). The molecule has 0 bridgehead atoms. The van der Waals surface area contributed by atoms with Crippen molar-refractivity contribution in [1.82, 2.24) is 0 Å². The number of carbonyl (C=O) groups is 2. The third-order valence-electron chi connectivity index (χ3n) is 4.13. The third kappa shape index (κ3) is 3.08. The summed E-state index contributed by atoms with van der Waals surface area (Å²) < 4.78 is 16.5. The predicted octanol–water partition coefficient (Wildman–Crippen LogP) is 1.83. The van der Waals surface area contributed by atoms with Crippen molar-refractivity contribution >= 4 is 11.9 Å². The first-order chi connectivity index (χ1) is 9.07. The smallest absolute Gasteiger partial charge is 0.309 e. The molecule has 19 heavy (non-hydrogen) atoms. The zero-order chi connectivity index (χ0) is 13.9. The maximum atomic E-state index is 12.1. The molecule has 0 aromatic rings. The summed E-state index contributed by atoms with van der Waals surface area (Å²) in [6, 6.07) is 0. The Balaban J connectivity index is 2.10. The van der Waals surface area contributed by atoms with E-state index in [4.69, 9.17) is 14.2 Å². The van der Waals surface area contributed by atoms with Crippen LogP contribution in [0.25, 0.3) is 0 Å². The van der Waals surface area contributed by atoms with Gasteiger partial charge in [0.15, 0.2) is 5.60 Å². The molecule has 0 aromatic heterocycles. The van der Waals surface area contributed by atoms with E-state index in [1.807, 2.05) is 13.8 Å². The monoisotopic (exact) mass is 270 g/mol. The van der Waals surface area contributed by atoms with Gasteiger partial charge in [0.2, 0.25) is 0 Å². The Kier molecular flexibility index (Phi) is 4.45. The molecule has 2 unspecified atom stereocenters. The van der Waals surface area contributed by atoms with Gasteiger partial charge >= 0.3 is 11.9 Å². The summed E-state index contributed by atoms with van der Waals surface area (Å²) in [5.41, 5.74) is -0.676. The van der Waals surface area contributed by atoms with E-state index < -0.39 is 5.60 Å². The van der Waals surface area contributed by atoms with E-state index in [0.29, 0.717) is 38.9 Å². The summed E-state index contributed by atoms with van der Waals surface area (Å²) >= 11 is 0. The molecule has 2 saturated heterocycles. The highest BCUT2D eigenvalue weighted by Crippen LogP contribution is 2.36. The number of cyclic esters (lactones) is 1. The highest BCUT2D eigenvalue weighted by atomic mass is 16.6. The molecular weight excluding hydrogens is 248 g/mol. The molecule has 2 aliphatic rings. The van der Waals surface area contributed by atoms with E-state index >= 15 is 0 Å². The Hall–Kier alpha value is -1.10. The van der Waals surface area contributed by atoms with Crippen molar-refractivity contribution in [3.8, 4) is 0 Å². The van der Waals surface area contributed by atoms with E-state index in [2.05, 4.69) is 0 Å². The summed E-state index contributed by atoms with van der Waals surface area (Å²) in [5.74, 6) is -0.528. The van der Waals surface area contributed by atoms with Gasteiger partial charge in [0.25, 0.3) is 0 Å². The lowest BCUT2D eigenvalue weighted by Gasteiger charge is -2.40. The second-order valence-electron chi connectivity index (χ2n) is 5.42. The van der Waals surface area contributed by atoms with Gasteiger partial charge in [-0.2, -0.15) is 0 Å². The van der Waals surface area contributed by atoms with E-state index in [0.717, 1.165) is 6.42 Å². The van der Waals surface area contributed by atoms with Crippen LogP contribution in [0.3, 0.4) is 0 Å². The maximum absolute atomic E-state index is 12.1. The molecule has 0 amide bonds. The highest BCUT2D eigenvalue weighted by molar-refractivity contribution is 5.73. The zero-order valence-corrected chi connectivity index (χ0v) is 11.6. The van der Waals surface area contributed by atoms with Crippen LogP contribution in [0.1, 0.15) is 46.0 Å². The number of esters is 2. The first-order valence-electron chi connectivity index (χ1n) is 7.07. The van der Waals surface area contributed by atoms with Gasteiger partial charge in [0, 0.05) is 19.3 Å². The van der Waals surface area contributed by atoms with Gasteiger partial charge in [-0.3, -0.25) is 9.59 Å². The van der Waals surface area contributed by atoms with Crippen LogP contribution >= 0.6 is 0 Å². The fraction of sp³-hybridized carbons (Fsp3) is 0.857. The van der Waals surface area contributed by atoms with Gasteiger partial charge in [-0.15, -0.1) is 0 Å². The average molecular weight is 270 g/mol. The topological polar surface area (TPSA) is 61.8 Å². The van der Waals surface area contributed by atoms with Crippen LogP contribution in [-0.4, -0.2) is 36.9 Å². The number of hydrogen-bond acceptors (Lipinski definition) is 5.